The third-order valence-corrected chi connectivity index (χ3v) is 0.916. The summed E-state index contributed by atoms with van der Waals surface area (Å²) in [6, 6.07) is 2.77. The molecule has 1 heterocycles. The second-order valence-corrected chi connectivity index (χ2v) is 1.52. The summed E-state index contributed by atoms with van der Waals surface area (Å²) >= 11 is 0. The minimum Gasteiger partial charge on any atom is -0.545 e. The Morgan fingerprint density at radius 1 is 1.40 bits per heavy atom. The fourth-order valence-corrected chi connectivity index (χ4v) is 0.488. The van der Waals surface area contributed by atoms with Gasteiger partial charge in [-0.2, -0.15) is 0 Å². The number of pyridine rings is 1. The summed E-state index contributed by atoms with van der Waals surface area (Å²) in [5.74, 6) is -1.17. The maximum atomic E-state index is 10.1. The summed E-state index contributed by atoms with van der Waals surface area (Å²) < 4.78 is 0. The molecule has 0 aliphatic rings. The Labute approximate surface area is 107 Å². The zero-order valence-electron chi connectivity index (χ0n) is 5.57. The van der Waals surface area contributed by atoms with Gasteiger partial charge in [0.2, 0.25) is 0 Å². The Bertz CT molecular complexity index is 212. The second kappa shape index (κ2) is 5.13. The molecule has 0 aliphatic carbocycles. The Morgan fingerprint density at radius 3 is 2.20 bits per heavy atom. The number of hydrogen-bond donors (Lipinski definition) is 0. The van der Waals surface area contributed by atoms with Crippen LogP contribution >= 0.6 is 0 Å². The first-order valence-corrected chi connectivity index (χ1v) is 2.42. The van der Waals surface area contributed by atoms with E-state index in [4.69, 9.17) is 0 Å². The van der Waals surface area contributed by atoms with Crippen LogP contribution < -0.4 is 63.3 Å². The molecule has 0 unspecified atom stereocenters. The van der Waals surface area contributed by atoms with Crippen molar-refractivity contribution in [3.63, 3.8) is 0 Å². The van der Waals surface area contributed by atoms with Crippen molar-refractivity contribution in [2.75, 3.05) is 0 Å². The number of aromatic carboxylic acids is 1. The van der Waals surface area contributed by atoms with Gasteiger partial charge in [0, 0.05) is 18.0 Å². The molecule has 0 amide bonds. The maximum Gasteiger partial charge on any atom is 1.00 e. The summed E-state index contributed by atoms with van der Waals surface area (Å²) in [5.41, 5.74) is 0.157. The van der Waals surface area contributed by atoms with Crippen LogP contribution in [-0.4, -0.2) is 11.0 Å². The van der Waals surface area contributed by atoms with Gasteiger partial charge >= 0.3 is 58.2 Å². The van der Waals surface area contributed by atoms with Crippen LogP contribution in [-0.2, 0) is 0 Å². The molecule has 3 nitrogen and oxygen atoms in total. The van der Waals surface area contributed by atoms with Gasteiger partial charge in [0.1, 0.15) is 0 Å². The van der Waals surface area contributed by atoms with Gasteiger partial charge in [-0.15, -0.1) is 0 Å². The molecule has 1 aromatic heterocycles. The van der Waals surface area contributed by atoms with Crippen LogP contribution in [0.1, 0.15) is 10.4 Å². The molecule has 0 aliphatic heterocycles. The SMILES string of the molecule is O=C([O-])c1ccncc1.[Rb+]. The van der Waals surface area contributed by atoms with Gasteiger partial charge in [0.15, 0.2) is 0 Å². The molecule has 0 fully saturated rings. The molecule has 0 bridgehead atoms. The van der Waals surface area contributed by atoms with Crippen LogP contribution in [0.5, 0.6) is 0 Å². The van der Waals surface area contributed by atoms with Crippen LogP contribution in [0.25, 0.3) is 0 Å². The Kier molecular flexibility index (Phi) is 5.34. The largest absolute Gasteiger partial charge is 1.00 e. The number of rotatable bonds is 1. The molecule has 1 aromatic rings. The fourth-order valence-electron chi connectivity index (χ4n) is 0.488. The quantitative estimate of drug-likeness (QED) is 0.479. The van der Waals surface area contributed by atoms with Crippen molar-refractivity contribution in [2.24, 2.45) is 0 Å². The van der Waals surface area contributed by atoms with Gasteiger partial charge in [-0.25, -0.2) is 0 Å². The van der Waals surface area contributed by atoms with Gasteiger partial charge in [-0.05, 0) is 12.1 Å². The number of carboxylic acid groups (broad SMARTS) is 1. The van der Waals surface area contributed by atoms with Crippen LogP contribution in [0.3, 0.4) is 0 Å². The predicted octanol–water partition coefficient (Wildman–Crippen LogP) is -3.55. The normalized spacial score (nSPS) is 8.00. The molecular formula is C6H4NO2Rb. The van der Waals surface area contributed by atoms with Crippen molar-refractivity contribution >= 4 is 5.97 Å². The summed E-state index contributed by atoms with van der Waals surface area (Å²) in [6.07, 6.45) is 2.82. The molecule has 10 heavy (non-hydrogen) atoms. The van der Waals surface area contributed by atoms with E-state index >= 15 is 0 Å². The second-order valence-electron chi connectivity index (χ2n) is 1.52. The van der Waals surface area contributed by atoms with E-state index in [1.165, 1.54) is 24.5 Å². The third-order valence-electron chi connectivity index (χ3n) is 0.916. The first-order valence-electron chi connectivity index (χ1n) is 2.42. The van der Waals surface area contributed by atoms with Gasteiger partial charge in [-0.3, -0.25) is 4.98 Å². The van der Waals surface area contributed by atoms with Crippen molar-refractivity contribution in [2.45, 2.75) is 0 Å². The Balaban J connectivity index is 0.000000810. The summed E-state index contributed by atoms with van der Waals surface area (Å²) in [7, 11) is 0. The molecule has 0 spiro atoms. The predicted molar refractivity (Wildman–Crippen MR) is 28.6 cm³/mol. The zero-order chi connectivity index (χ0) is 6.69. The topological polar surface area (TPSA) is 53.0 Å². The molecule has 0 radical (unpaired) electrons. The van der Waals surface area contributed by atoms with Crippen molar-refractivity contribution in [1.82, 2.24) is 4.98 Å². The average molecular weight is 208 g/mol. The molecular weight excluding hydrogens is 204 g/mol. The maximum absolute atomic E-state index is 10.1. The van der Waals surface area contributed by atoms with E-state index in [9.17, 15) is 9.90 Å². The van der Waals surface area contributed by atoms with Crippen LogP contribution in [0, 0.1) is 0 Å². The molecule has 1 rings (SSSR count). The van der Waals surface area contributed by atoms with Crippen LogP contribution in [0.2, 0.25) is 0 Å². The molecule has 0 aromatic carbocycles. The third kappa shape index (κ3) is 3.01. The molecule has 4 heteroatoms. The summed E-state index contributed by atoms with van der Waals surface area (Å²) in [6.45, 7) is 0. The van der Waals surface area contributed by atoms with Crippen molar-refractivity contribution in [1.29, 1.82) is 0 Å². The van der Waals surface area contributed by atoms with Crippen molar-refractivity contribution in [3.05, 3.63) is 30.1 Å². The van der Waals surface area contributed by atoms with E-state index in [0.29, 0.717) is 0 Å². The van der Waals surface area contributed by atoms with Gasteiger partial charge < -0.3 is 9.90 Å². The van der Waals surface area contributed by atoms with Crippen molar-refractivity contribution < 1.29 is 68.1 Å². The fraction of sp³-hybridized carbons (Fsp3) is 0. The Morgan fingerprint density at radius 2 is 1.90 bits per heavy atom. The minimum atomic E-state index is -1.17. The number of hydrogen-bond acceptors (Lipinski definition) is 3. The summed E-state index contributed by atoms with van der Waals surface area (Å²) in [4.78, 5) is 13.7. The molecule has 0 saturated heterocycles. The van der Waals surface area contributed by atoms with Crippen LogP contribution in [0.4, 0.5) is 0 Å². The zero-order valence-corrected chi connectivity index (χ0v) is 10.5. The smallest absolute Gasteiger partial charge is 0.545 e. The first kappa shape index (κ1) is 10.4. The van der Waals surface area contributed by atoms with E-state index in [1.54, 1.807) is 0 Å². The minimum absolute atomic E-state index is 0. The molecule has 46 valence electrons. The van der Waals surface area contributed by atoms with E-state index in [1.807, 2.05) is 0 Å². The van der Waals surface area contributed by atoms with E-state index in [-0.39, 0.29) is 63.8 Å². The number of carbonyl (C=O) groups excluding carboxylic acids is 1. The van der Waals surface area contributed by atoms with Gasteiger partial charge in [0.25, 0.3) is 0 Å². The van der Waals surface area contributed by atoms with E-state index in [2.05, 4.69) is 4.98 Å². The van der Waals surface area contributed by atoms with Gasteiger partial charge in [0.05, 0.1) is 5.97 Å². The number of carboxylic acids is 1. The molecule has 0 saturated carbocycles. The van der Waals surface area contributed by atoms with Crippen molar-refractivity contribution in [3.8, 4) is 0 Å². The summed E-state index contributed by atoms with van der Waals surface area (Å²) in [5, 5.41) is 10.1. The number of carbonyl (C=O) groups is 1. The molecule has 0 N–H and O–H groups in total. The molecule has 0 atom stereocenters. The first-order chi connectivity index (χ1) is 4.30. The van der Waals surface area contributed by atoms with E-state index < -0.39 is 5.97 Å². The number of aromatic nitrogens is 1. The average Bonchev–Trinajstić information content (AvgIpc) is 1.90. The Hall–Kier alpha value is 0.425. The standard InChI is InChI=1S/C6H5NO2.Rb/c8-6(9)5-1-3-7-4-2-5;/h1-4H,(H,8,9);/q;+1/p-1. The monoisotopic (exact) mass is 207 g/mol. The van der Waals surface area contributed by atoms with Gasteiger partial charge in [-0.1, -0.05) is 0 Å². The number of nitrogens with zero attached hydrogens (tertiary/aromatic N) is 1. The van der Waals surface area contributed by atoms with E-state index in [0.717, 1.165) is 0 Å². The van der Waals surface area contributed by atoms with Crippen LogP contribution in [0.15, 0.2) is 24.5 Å².